The van der Waals surface area contributed by atoms with Crippen molar-refractivity contribution in [3.63, 3.8) is 0 Å². The first-order valence-corrected chi connectivity index (χ1v) is 7.51. The van der Waals surface area contributed by atoms with Crippen LogP contribution in [0, 0.1) is 5.92 Å². The molecule has 1 aliphatic rings. The Morgan fingerprint density at radius 2 is 2.00 bits per heavy atom. The normalized spacial score (nSPS) is 16.1. The van der Waals surface area contributed by atoms with Crippen molar-refractivity contribution in [3.8, 4) is 0 Å². The van der Waals surface area contributed by atoms with Crippen LogP contribution in [0.3, 0.4) is 0 Å². The van der Waals surface area contributed by atoms with Crippen LogP contribution < -0.4 is 11.0 Å². The first-order valence-electron chi connectivity index (χ1n) is 7.51. The summed E-state index contributed by atoms with van der Waals surface area (Å²) < 4.78 is 3.30. The fourth-order valence-corrected chi connectivity index (χ4v) is 2.83. The summed E-state index contributed by atoms with van der Waals surface area (Å²) in [6.45, 7) is 2.48. The zero-order valence-corrected chi connectivity index (χ0v) is 12.5. The van der Waals surface area contributed by atoms with Crippen LogP contribution in [-0.2, 0) is 18.4 Å². The lowest BCUT2D eigenvalue weighted by atomic mass is 10.2. The lowest BCUT2D eigenvalue weighted by Gasteiger charge is -2.12. The number of hydrogen-bond acceptors (Lipinski definition) is 2. The maximum absolute atomic E-state index is 12.2. The van der Waals surface area contributed by atoms with E-state index in [9.17, 15) is 9.59 Å². The van der Waals surface area contributed by atoms with Crippen molar-refractivity contribution in [2.24, 2.45) is 13.0 Å². The van der Waals surface area contributed by atoms with Gasteiger partial charge in [-0.25, -0.2) is 4.79 Å². The van der Waals surface area contributed by atoms with Crippen LogP contribution in [0.4, 0.5) is 0 Å². The van der Waals surface area contributed by atoms with Gasteiger partial charge in [-0.15, -0.1) is 0 Å². The van der Waals surface area contributed by atoms with Crippen molar-refractivity contribution in [1.82, 2.24) is 14.5 Å². The number of nitrogens with one attached hydrogen (secondary N) is 1. The molecule has 1 saturated carbocycles. The Morgan fingerprint density at radius 1 is 1.33 bits per heavy atom. The zero-order chi connectivity index (χ0) is 15.0. The summed E-state index contributed by atoms with van der Waals surface area (Å²) in [4.78, 5) is 24.2. The summed E-state index contributed by atoms with van der Waals surface area (Å²) in [5.74, 6) is 0.670. The van der Waals surface area contributed by atoms with E-state index >= 15 is 0 Å². The van der Waals surface area contributed by atoms with Gasteiger partial charge in [0.15, 0.2) is 0 Å². The van der Waals surface area contributed by atoms with Crippen LogP contribution >= 0.6 is 0 Å². The summed E-state index contributed by atoms with van der Waals surface area (Å²) in [6, 6.07) is 7.91. The number of imidazole rings is 1. The smallest absolute Gasteiger partial charge is 0.328 e. The van der Waals surface area contributed by atoms with E-state index in [0.717, 1.165) is 11.0 Å². The molecule has 2 aromatic rings. The van der Waals surface area contributed by atoms with Crippen LogP contribution in [0.25, 0.3) is 11.0 Å². The van der Waals surface area contributed by atoms with E-state index < -0.39 is 0 Å². The molecule has 112 valence electrons. The van der Waals surface area contributed by atoms with Crippen LogP contribution in [0.5, 0.6) is 0 Å². The van der Waals surface area contributed by atoms with Crippen molar-refractivity contribution in [2.75, 3.05) is 0 Å². The first-order chi connectivity index (χ1) is 10.1. The van der Waals surface area contributed by atoms with Crippen LogP contribution in [-0.4, -0.2) is 21.1 Å². The third kappa shape index (κ3) is 2.73. The fourth-order valence-electron chi connectivity index (χ4n) is 2.83. The maximum Gasteiger partial charge on any atom is 0.328 e. The number of aromatic nitrogens is 2. The Kier molecular flexibility index (Phi) is 3.57. The third-order valence-electron chi connectivity index (χ3n) is 4.33. The Balaban J connectivity index is 1.71. The molecule has 1 heterocycles. The average Bonchev–Trinajstić information content (AvgIpc) is 3.28. The molecule has 0 radical (unpaired) electrons. The molecule has 5 nitrogen and oxygen atoms in total. The topological polar surface area (TPSA) is 56.0 Å². The van der Waals surface area contributed by atoms with E-state index in [1.165, 1.54) is 12.8 Å². The van der Waals surface area contributed by atoms with Gasteiger partial charge in [0.2, 0.25) is 5.91 Å². The van der Waals surface area contributed by atoms with Gasteiger partial charge in [0.05, 0.1) is 11.0 Å². The molecule has 1 aromatic carbocycles. The van der Waals surface area contributed by atoms with Gasteiger partial charge in [-0.2, -0.15) is 0 Å². The summed E-state index contributed by atoms with van der Waals surface area (Å²) >= 11 is 0. The summed E-state index contributed by atoms with van der Waals surface area (Å²) in [5, 5.41) is 3.03. The highest BCUT2D eigenvalue weighted by Crippen LogP contribution is 2.32. The van der Waals surface area contributed by atoms with E-state index in [4.69, 9.17) is 0 Å². The second-order valence-corrected chi connectivity index (χ2v) is 5.93. The number of para-hydroxylation sites is 2. The number of rotatable bonds is 5. The molecule has 0 bridgehead atoms. The molecule has 5 heteroatoms. The number of hydrogen-bond donors (Lipinski definition) is 1. The molecule has 1 fully saturated rings. The summed E-state index contributed by atoms with van der Waals surface area (Å²) in [6.07, 6.45) is 2.76. The highest BCUT2D eigenvalue weighted by Gasteiger charge is 2.28. The quantitative estimate of drug-likeness (QED) is 0.909. The van der Waals surface area contributed by atoms with E-state index in [-0.39, 0.29) is 17.6 Å². The number of amides is 1. The van der Waals surface area contributed by atoms with Gasteiger partial charge in [0, 0.05) is 26.1 Å². The summed E-state index contributed by atoms with van der Waals surface area (Å²) in [7, 11) is 1.76. The van der Waals surface area contributed by atoms with Crippen molar-refractivity contribution in [1.29, 1.82) is 0 Å². The van der Waals surface area contributed by atoms with Crippen LogP contribution in [0.15, 0.2) is 29.1 Å². The number of carbonyl (C=O) groups excluding carboxylic acids is 1. The Morgan fingerprint density at radius 3 is 2.67 bits per heavy atom. The SMILES string of the molecule is CC(NC(=O)CCn1c(=O)n(C)c2ccccc21)C1CC1. The van der Waals surface area contributed by atoms with Crippen molar-refractivity contribution in [2.45, 2.75) is 38.8 Å². The minimum atomic E-state index is -0.0701. The van der Waals surface area contributed by atoms with Crippen molar-refractivity contribution < 1.29 is 4.79 Å². The predicted octanol–water partition coefficient (Wildman–Crippen LogP) is 1.64. The molecule has 1 aliphatic carbocycles. The van der Waals surface area contributed by atoms with E-state index in [1.807, 2.05) is 24.3 Å². The second kappa shape index (κ2) is 5.39. The molecule has 1 atom stereocenters. The minimum absolute atomic E-state index is 0.0224. The van der Waals surface area contributed by atoms with Gasteiger partial charge < -0.3 is 5.32 Å². The number of nitrogens with zero attached hydrogens (tertiary/aromatic N) is 2. The highest BCUT2D eigenvalue weighted by atomic mass is 16.2. The van der Waals surface area contributed by atoms with E-state index in [1.54, 1.807) is 16.2 Å². The Bertz CT molecular complexity index is 725. The molecule has 1 amide bonds. The lowest BCUT2D eigenvalue weighted by molar-refractivity contribution is -0.122. The van der Waals surface area contributed by atoms with Crippen molar-refractivity contribution >= 4 is 16.9 Å². The van der Waals surface area contributed by atoms with Gasteiger partial charge >= 0.3 is 5.69 Å². The third-order valence-corrected chi connectivity index (χ3v) is 4.33. The van der Waals surface area contributed by atoms with Crippen LogP contribution in [0.1, 0.15) is 26.2 Å². The van der Waals surface area contributed by atoms with Gasteiger partial charge in [-0.3, -0.25) is 13.9 Å². The largest absolute Gasteiger partial charge is 0.353 e. The maximum atomic E-state index is 12.2. The number of benzene rings is 1. The molecule has 0 aliphatic heterocycles. The lowest BCUT2D eigenvalue weighted by Crippen LogP contribution is -2.35. The molecule has 1 aromatic heterocycles. The predicted molar refractivity (Wildman–Crippen MR) is 82.1 cm³/mol. The van der Waals surface area contributed by atoms with Gasteiger partial charge in [-0.05, 0) is 37.8 Å². The van der Waals surface area contributed by atoms with Crippen molar-refractivity contribution in [3.05, 3.63) is 34.7 Å². The number of carbonyl (C=O) groups is 1. The fraction of sp³-hybridized carbons (Fsp3) is 0.500. The molecule has 3 rings (SSSR count). The van der Waals surface area contributed by atoms with Gasteiger partial charge in [0.25, 0.3) is 0 Å². The standard InChI is InChI=1S/C16H21N3O2/c1-11(12-7-8-12)17-15(20)9-10-19-14-6-4-3-5-13(14)18(2)16(19)21/h3-6,11-12H,7-10H2,1-2H3,(H,17,20). The highest BCUT2D eigenvalue weighted by molar-refractivity contribution is 5.78. The first kappa shape index (κ1) is 13.9. The zero-order valence-electron chi connectivity index (χ0n) is 12.5. The van der Waals surface area contributed by atoms with Crippen LogP contribution in [0.2, 0.25) is 0 Å². The molecule has 1 unspecified atom stereocenters. The average molecular weight is 287 g/mol. The monoisotopic (exact) mass is 287 g/mol. The Hall–Kier alpha value is -2.04. The Labute approximate surface area is 123 Å². The molecular formula is C16H21N3O2. The molecule has 0 saturated heterocycles. The molecule has 1 N–H and O–H groups in total. The molecule has 21 heavy (non-hydrogen) atoms. The van der Waals surface area contributed by atoms with E-state index in [0.29, 0.717) is 18.9 Å². The number of fused-ring (bicyclic) bond motifs is 1. The molecule has 0 spiro atoms. The molecular weight excluding hydrogens is 266 g/mol. The number of aryl methyl sites for hydroxylation is 2. The summed E-state index contributed by atoms with van der Waals surface area (Å²) in [5.41, 5.74) is 1.71. The minimum Gasteiger partial charge on any atom is -0.353 e. The van der Waals surface area contributed by atoms with Gasteiger partial charge in [0.1, 0.15) is 0 Å². The van der Waals surface area contributed by atoms with E-state index in [2.05, 4.69) is 12.2 Å². The second-order valence-electron chi connectivity index (χ2n) is 5.93. The van der Waals surface area contributed by atoms with Gasteiger partial charge in [-0.1, -0.05) is 12.1 Å².